The van der Waals surface area contributed by atoms with E-state index in [0.717, 1.165) is 6.07 Å². The Morgan fingerprint density at radius 3 is 1.80 bits per heavy atom. The van der Waals surface area contributed by atoms with Crippen LogP contribution in [0.15, 0.2) is 47.5 Å². The Balaban J connectivity index is 1.85. The van der Waals surface area contributed by atoms with E-state index in [1.165, 1.54) is 30.5 Å². The molecule has 8 nitrogen and oxygen atoms in total. The third-order valence-corrected chi connectivity index (χ3v) is 11.9. The number of rotatable bonds is 13. The van der Waals surface area contributed by atoms with Crippen LogP contribution in [0.25, 0.3) is 0 Å². The normalized spacial score (nSPS) is 17.1. The monoisotopic (exact) mass is 737 g/mol. The van der Waals surface area contributed by atoms with Gasteiger partial charge in [0.1, 0.15) is 18.6 Å². The summed E-state index contributed by atoms with van der Waals surface area (Å²) in [6, 6.07) is 8.42. The largest absolute Gasteiger partial charge is 0.498 e. The minimum absolute atomic E-state index is 0.0919. The number of benzene rings is 2. The van der Waals surface area contributed by atoms with Gasteiger partial charge in [-0.3, -0.25) is 0 Å². The van der Waals surface area contributed by atoms with Gasteiger partial charge in [0.25, 0.3) is 0 Å². The molecule has 3 N–H and O–H groups in total. The highest BCUT2D eigenvalue weighted by Gasteiger charge is 2.54. The summed E-state index contributed by atoms with van der Waals surface area (Å²) in [5.41, 5.74) is -1.42. The molecule has 0 amide bonds. The molecule has 1 aliphatic rings. The van der Waals surface area contributed by atoms with Crippen molar-refractivity contribution in [2.75, 3.05) is 10.6 Å². The van der Waals surface area contributed by atoms with Crippen LogP contribution in [-0.2, 0) is 9.84 Å². The molecule has 0 bridgehead atoms. The molecular weight excluding hydrogens is 716 g/mol. The number of hydrogen-bond donors (Lipinski definition) is 3. The smallest absolute Gasteiger partial charge is 0.229 e. The molecule has 0 unspecified atom stereocenters. The van der Waals surface area contributed by atoms with Gasteiger partial charge in [-0.15, -0.1) is 20.5 Å². The third kappa shape index (κ3) is 9.20. The highest BCUT2D eigenvalue weighted by atomic mass is 35.5. The Labute approximate surface area is 359 Å². The number of nitrogens with zero attached hydrogens (tertiary/aromatic N) is 2. The van der Waals surface area contributed by atoms with E-state index in [2.05, 4.69) is 25.9 Å². The zero-order chi connectivity index (χ0) is 42.9. The van der Waals surface area contributed by atoms with Gasteiger partial charge in [0.15, 0.2) is 15.7 Å². The molecule has 1 saturated heterocycles. The predicted octanol–water partition coefficient (Wildman–Crippen LogP) is -2.43. The number of aryl methyl sites for hydroxylation is 1. The number of aromatic nitrogens is 2. The summed E-state index contributed by atoms with van der Waals surface area (Å²) < 4.78 is 31.2. The molecule has 4 rings (SSSR count). The van der Waals surface area contributed by atoms with Crippen LogP contribution in [0.4, 0.5) is 23.1 Å². The predicted molar refractivity (Wildman–Crippen MR) is 239 cm³/mol. The van der Waals surface area contributed by atoms with E-state index in [-0.39, 0.29) is 46.8 Å². The Morgan fingerprint density at radius 2 is 1.30 bits per heavy atom. The zero-order valence-corrected chi connectivity index (χ0v) is 31.9. The molecular formula is C28H18B18ClN5O3S. The van der Waals surface area contributed by atoms with Gasteiger partial charge in [-0.05, 0) is 61.1 Å². The summed E-state index contributed by atoms with van der Waals surface area (Å²) in [7, 11) is 103. The first-order valence-corrected chi connectivity index (χ1v) is 18.2. The van der Waals surface area contributed by atoms with E-state index in [0.29, 0.717) is 11.1 Å². The molecule has 3 aromatic rings. The molecule has 0 spiro atoms. The van der Waals surface area contributed by atoms with Gasteiger partial charge in [-0.25, -0.2) is 13.4 Å². The van der Waals surface area contributed by atoms with Crippen molar-refractivity contribution >= 4 is 186 Å². The lowest BCUT2D eigenvalue weighted by atomic mass is 9.19. The van der Waals surface area contributed by atoms with Gasteiger partial charge in [0, 0.05) is 10.1 Å². The topological polar surface area (TPSA) is 105 Å². The van der Waals surface area contributed by atoms with Gasteiger partial charge < -0.3 is 20.7 Å². The Bertz CT molecular complexity index is 2030. The lowest BCUT2D eigenvalue weighted by Gasteiger charge is -2.54. The van der Waals surface area contributed by atoms with E-state index in [9.17, 15) is 8.42 Å². The average molecular weight is 735 g/mol. The van der Waals surface area contributed by atoms with E-state index < -0.39 is 61.9 Å². The number of hydrogen-bond acceptors (Lipinski definition) is 8. The number of anilines is 4. The summed E-state index contributed by atoms with van der Waals surface area (Å²) in [5.74, 6) is -0.898. The van der Waals surface area contributed by atoms with Gasteiger partial charge in [0.2, 0.25) is 5.95 Å². The number of halogens is 1. The SMILES string of the molecule is [B]C1([B])CC(c2cc(OC([B])(C([B])([B])[B])C([B])([B])[B])c(Nc3ncc(Cl)c(Nc4ccccc4S(=O)(=O)C([B])(C([B])([B])[B])C([B])([B])[B])n3)cc2C)CC([B])([B])N1. The van der Waals surface area contributed by atoms with Crippen molar-refractivity contribution in [1.82, 2.24) is 15.3 Å². The number of sulfone groups is 1. The average Bonchev–Trinajstić information content (AvgIpc) is 2.99. The molecule has 28 heteroatoms. The number of piperidine rings is 1. The van der Waals surface area contributed by atoms with Crippen LogP contribution in [0.2, 0.25) is 25.5 Å². The molecule has 0 saturated carbocycles. The zero-order valence-electron chi connectivity index (χ0n) is 30.3. The molecule has 1 fully saturated rings. The van der Waals surface area contributed by atoms with Crippen molar-refractivity contribution in [2.45, 2.75) is 71.9 Å². The lowest BCUT2D eigenvalue weighted by molar-refractivity contribution is 0.159. The van der Waals surface area contributed by atoms with Crippen LogP contribution >= 0.6 is 11.6 Å². The number of para-hydroxylation sites is 1. The fourth-order valence-electron chi connectivity index (χ4n) is 6.27. The van der Waals surface area contributed by atoms with Crippen LogP contribution in [-0.4, -0.2) is 180 Å². The molecule has 1 aromatic heterocycles. The van der Waals surface area contributed by atoms with Crippen LogP contribution in [0.5, 0.6) is 5.75 Å². The summed E-state index contributed by atoms with van der Waals surface area (Å²) >= 11 is 6.47. The molecule has 0 atom stereocenters. The molecule has 36 radical (unpaired) electrons. The molecule has 2 heterocycles. The Kier molecular flexibility index (Phi) is 12.9. The lowest BCUT2D eigenvalue weighted by Crippen LogP contribution is -2.64. The van der Waals surface area contributed by atoms with Crippen molar-refractivity contribution in [3.63, 3.8) is 0 Å². The third-order valence-electron chi connectivity index (χ3n) is 9.13. The van der Waals surface area contributed by atoms with Crippen molar-refractivity contribution in [1.29, 1.82) is 0 Å². The molecule has 2 aromatic carbocycles. The highest BCUT2D eigenvalue weighted by molar-refractivity contribution is 7.95. The first kappa shape index (κ1) is 47.0. The first-order chi connectivity index (χ1) is 25.1. The summed E-state index contributed by atoms with van der Waals surface area (Å²) in [6.07, 6.45) is 1.51. The summed E-state index contributed by atoms with van der Waals surface area (Å²) in [6.45, 7) is 1.76. The maximum absolute atomic E-state index is 14.1. The van der Waals surface area contributed by atoms with Crippen molar-refractivity contribution in [3.8, 4) is 5.75 Å². The number of ether oxygens (including phenoxy) is 1. The highest BCUT2D eigenvalue weighted by Crippen LogP contribution is 2.51. The van der Waals surface area contributed by atoms with Crippen molar-refractivity contribution in [3.05, 3.63) is 58.7 Å². The maximum Gasteiger partial charge on any atom is 0.229 e. The molecule has 1 aliphatic heterocycles. The van der Waals surface area contributed by atoms with Crippen molar-refractivity contribution < 1.29 is 13.2 Å². The number of nitrogens with one attached hydrogen (secondary N) is 3. The van der Waals surface area contributed by atoms with Gasteiger partial charge in [-0.1, -0.05) is 34.4 Å². The van der Waals surface area contributed by atoms with E-state index in [1.54, 1.807) is 13.0 Å². The molecule has 240 valence electrons. The fourth-order valence-corrected chi connectivity index (χ4v) is 8.36. The van der Waals surface area contributed by atoms with Crippen LogP contribution in [0.3, 0.4) is 0 Å². The van der Waals surface area contributed by atoms with E-state index in [4.69, 9.17) is 158 Å². The second kappa shape index (κ2) is 15.4. The minimum Gasteiger partial charge on any atom is -0.498 e. The molecule has 0 aliphatic carbocycles. The molecule has 56 heavy (non-hydrogen) atoms. The van der Waals surface area contributed by atoms with Crippen LogP contribution in [0, 0.1) is 6.92 Å². The second-order valence-corrected chi connectivity index (χ2v) is 17.0. The minimum atomic E-state index is -4.98. The van der Waals surface area contributed by atoms with Crippen molar-refractivity contribution in [2.24, 2.45) is 0 Å². The van der Waals surface area contributed by atoms with Gasteiger partial charge in [0.05, 0.1) is 156 Å². The van der Waals surface area contributed by atoms with Gasteiger partial charge >= 0.3 is 0 Å². The fraction of sp³-hybridized carbons (Fsp3) is 0.429. The van der Waals surface area contributed by atoms with E-state index >= 15 is 0 Å². The second-order valence-electron chi connectivity index (χ2n) is 14.5. The maximum atomic E-state index is 14.1. The standard InChI is InChI=1S/C28H18B18ClN5O3S/c1-11-6-16(17(55-23(33,25(35,36)37)26(38,39)40)7-13(11)12-8-21(29,30)52-22(31,32)9-12)50-20-48-10-14(47)19(51-20)49-15-4-2-3-5-18(15)56(53,54)24(34,27(41,42)43)28(44,45)46/h2-7,10,12,52H,8-9H2,1H3,(H2,48,49,50,51). The summed E-state index contributed by atoms with van der Waals surface area (Å²) in [5, 5.41) is -4.87. The Hall–Kier alpha value is -1.71. The van der Waals surface area contributed by atoms with E-state index in [1.807, 2.05) is 0 Å². The van der Waals surface area contributed by atoms with Crippen LogP contribution < -0.4 is 20.7 Å². The van der Waals surface area contributed by atoms with Gasteiger partial charge in [-0.2, -0.15) is 4.98 Å². The van der Waals surface area contributed by atoms with Crippen LogP contribution in [0.1, 0.15) is 29.9 Å². The summed E-state index contributed by atoms with van der Waals surface area (Å²) in [4.78, 5) is 8.10. The quantitative estimate of drug-likeness (QED) is 0.167. The first-order valence-electron chi connectivity index (χ1n) is 16.3. The Morgan fingerprint density at radius 1 is 0.786 bits per heavy atom.